The predicted molar refractivity (Wildman–Crippen MR) is 75.2 cm³/mol. The van der Waals surface area contributed by atoms with Crippen LogP contribution in [0.4, 0.5) is 4.79 Å². The summed E-state index contributed by atoms with van der Waals surface area (Å²) in [5.41, 5.74) is -0.949. The zero-order valence-electron chi connectivity index (χ0n) is 12.3. The predicted octanol–water partition coefficient (Wildman–Crippen LogP) is 1.54. The van der Waals surface area contributed by atoms with Gasteiger partial charge in [0.15, 0.2) is 17.0 Å². The zero-order valence-corrected chi connectivity index (χ0v) is 12.3. The SMILES string of the molecule is CC(C)(C)C1(c2ccc3c(c2)OCCO3)NC(=O)NC1=O. The van der Waals surface area contributed by atoms with Crippen LogP contribution in [0, 0.1) is 5.41 Å². The second-order valence-corrected chi connectivity index (χ2v) is 6.27. The van der Waals surface area contributed by atoms with E-state index in [0.29, 0.717) is 30.3 Å². The molecule has 2 aliphatic rings. The van der Waals surface area contributed by atoms with Gasteiger partial charge in [0.05, 0.1) is 0 Å². The van der Waals surface area contributed by atoms with E-state index >= 15 is 0 Å². The van der Waals surface area contributed by atoms with Gasteiger partial charge in [-0.15, -0.1) is 0 Å². The van der Waals surface area contributed by atoms with E-state index in [1.54, 1.807) is 18.2 Å². The van der Waals surface area contributed by atoms with Crippen LogP contribution in [0.5, 0.6) is 11.5 Å². The largest absolute Gasteiger partial charge is 0.486 e. The molecule has 2 aliphatic heterocycles. The van der Waals surface area contributed by atoms with Gasteiger partial charge in [-0.3, -0.25) is 10.1 Å². The van der Waals surface area contributed by atoms with E-state index in [1.807, 2.05) is 20.8 Å². The van der Waals surface area contributed by atoms with Crippen LogP contribution in [-0.4, -0.2) is 25.2 Å². The number of carbonyl (C=O) groups is 2. The third-order valence-corrected chi connectivity index (χ3v) is 3.97. The topological polar surface area (TPSA) is 76.7 Å². The molecule has 1 aromatic carbocycles. The molecule has 0 radical (unpaired) electrons. The zero-order chi connectivity index (χ0) is 15.3. The number of amides is 3. The van der Waals surface area contributed by atoms with Crippen molar-refractivity contribution in [3.8, 4) is 11.5 Å². The Morgan fingerprint density at radius 2 is 1.76 bits per heavy atom. The highest BCUT2D eigenvalue weighted by Gasteiger charge is 2.55. The van der Waals surface area contributed by atoms with Crippen molar-refractivity contribution in [2.24, 2.45) is 5.41 Å². The van der Waals surface area contributed by atoms with Gasteiger partial charge in [-0.1, -0.05) is 26.8 Å². The van der Waals surface area contributed by atoms with E-state index in [4.69, 9.17) is 9.47 Å². The Balaban J connectivity index is 2.14. The lowest BCUT2D eigenvalue weighted by molar-refractivity contribution is -0.128. The number of fused-ring (bicyclic) bond motifs is 1. The maximum atomic E-state index is 12.5. The molecule has 0 spiro atoms. The Hall–Kier alpha value is -2.24. The Bertz CT molecular complexity index is 621. The van der Waals surface area contributed by atoms with Crippen LogP contribution in [-0.2, 0) is 10.3 Å². The molecule has 6 heteroatoms. The molecule has 0 bridgehead atoms. The molecule has 0 aromatic heterocycles. The van der Waals surface area contributed by atoms with Crippen molar-refractivity contribution in [1.82, 2.24) is 10.6 Å². The summed E-state index contributed by atoms with van der Waals surface area (Å²) >= 11 is 0. The van der Waals surface area contributed by atoms with Crippen molar-refractivity contribution in [3.63, 3.8) is 0 Å². The first-order valence-electron chi connectivity index (χ1n) is 6.88. The van der Waals surface area contributed by atoms with Crippen LogP contribution in [0.3, 0.4) is 0 Å². The fraction of sp³-hybridized carbons (Fsp3) is 0.467. The minimum absolute atomic E-state index is 0.350. The molecule has 3 amide bonds. The van der Waals surface area contributed by atoms with Gasteiger partial charge < -0.3 is 14.8 Å². The van der Waals surface area contributed by atoms with Gasteiger partial charge in [0.1, 0.15) is 13.2 Å². The Labute approximate surface area is 122 Å². The molecule has 1 fully saturated rings. The molecular weight excluding hydrogens is 272 g/mol. The van der Waals surface area contributed by atoms with Crippen molar-refractivity contribution < 1.29 is 19.1 Å². The first-order valence-corrected chi connectivity index (χ1v) is 6.88. The van der Waals surface area contributed by atoms with E-state index in [-0.39, 0.29) is 5.91 Å². The number of urea groups is 1. The van der Waals surface area contributed by atoms with Crippen LogP contribution >= 0.6 is 0 Å². The summed E-state index contributed by atoms with van der Waals surface area (Å²) in [5, 5.41) is 5.12. The van der Waals surface area contributed by atoms with Crippen LogP contribution in [0.1, 0.15) is 26.3 Å². The number of hydrogen-bond donors (Lipinski definition) is 2. The summed E-state index contributed by atoms with van der Waals surface area (Å²) in [7, 11) is 0. The van der Waals surface area contributed by atoms with Crippen molar-refractivity contribution in [3.05, 3.63) is 23.8 Å². The third kappa shape index (κ3) is 1.93. The minimum Gasteiger partial charge on any atom is -0.486 e. The first kappa shape index (κ1) is 13.7. The number of ether oxygens (including phenoxy) is 2. The quantitative estimate of drug-likeness (QED) is 0.769. The number of benzene rings is 1. The molecule has 0 saturated carbocycles. The smallest absolute Gasteiger partial charge is 0.322 e. The van der Waals surface area contributed by atoms with Crippen molar-refractivity contribution in [2.45, 2.75) is 26.3 Å². The molecule has 1 saturated heterocycles. The molecule has 1 unspecified atom stereocenters. The van der Waals surface area contributed by atoms with Crippen LogP contribution < -0.4 is 20.1 Å². The molecule has 112 valence electrons. The average Bonchev–Trinajstić information content (AvgIpc) is 2.73. The second-order valence-electron chi connectivity index (χ2n) is 6.27. The molecule has 1 aromatic rings. The highest BCUT2D eigenvalue weighted by atomic mass is 16.6. The van der Waals surface area contributed by atoms with Gasteiger partial charge in [-0.05, 0) is 23.1 Å². The van der Waals surface area contributed by atoms with E-state index in [1.165, 1.54) is 0 Å². The summed E-state index contributed by atoms with van der Waals surface area (Å²) in [6.07, 6.45) is 0. The van der Waals surface area contributed by atoms with Gasteiger partial charge >= 0.3 is 6.03 Å². The normalized spacial score (nSPS) is 24.5. The van der Waals surface area contributed by atoms with Crippen LogP contribution in [0.25, 0.3) is 0 Å². The molecular formula is C15H18N2O4. The molecule has 1 atom stereocenters. The lowest BCUT2D eigenvalue weighted by Gasteiger charge is -2.39. The Kier molecular flexibility index (Phi) is 2.86. The second kappa shape index (κ2) is 4.38. The van der Waals surface area contributed by atoms with Gasteiger partial charge in [0, 0.05) is 0 Å². The summed E-state index contributed by atoms with van der Waals surface area (Å²) in [6.45, 7) is 6.71. The van der Waals surface area contributed by atoms with E-state index in [9.17, 15) is 9.59 Å². The minimum atomic E-state index is -1.13. The number of nitrogens with one attached hydrogen (secondary N) is 2. The highest BCUT2D eigenvalue weighted by Crippen LogP contribution is 2.44. The number of hydrogen-bond acceptors (Lipinski definition) is 4. The van der Waals surface area contributed by atoms with Crippen molar-refractivity contribution in [1.29, 1.82) is 0 Å². The summed E-state index contributed by atoms with van der Waals surface area (Å²) < 4.78 is 11.1. The molecule has 3 rings (SSSR count). The van der Waals surface area contributed by atoms with E-state index < -0.39 is 17.0 Å². The molecule has 6 nitrogen and oxygen atoms in total. The molecule has 2 N–H and O–H groups in total. The number of rotatable bonds is 1. The van der Waals surface area contributed by atoms with Crippen LogP contribution in [0.15, 0.2) is 18.2 Å². The fourth-order valence-electron chi connectivity index (χ4n) is 2.90. The highest BCUT2D eigenvalue weighted by molar-refractivity contribution is 6.08. The van der Waals surface area contributed by atoms with Gasteiger partial charge in [-0.25, -0.2) is 4.79 Å². The number of imide groups is 1. The molecule has 2 heterocycles. The Morgan fingerprint density at radius 3 is 2.33 bits per heavy atom. The monoisotopic (exact) mass is 290 g/mol. The third-order valence-electron chi connectivity index (χ3n) is 3.97. The van der Waals surface area contributed by atoms with Crippen LogP contribution in [0.2, 0.25) is 0 Å². The summed E-state index contributed by atoms with van der Waals surface area (Å²) in [5.74, 6) is 0.895. The average molecular weight is 290 g/mol. The van der Waals surface area contributed by atoms with Crippen molar-refractivity contribution in [2.75, 3.05) is 13.2 Å². The maximum Gasteiger partial charge on any atom is 0.322 e. The summed E-state index contributed by atoms with van der Waals surface area (Å²) in [6, 6.07) is 4.86. The number of carbonyl (C=O) groups excluding carboxylic acids is 2. The van der Waals surface area contributed by atoms with E-state index in [2.05, 4.69) is 10.6 Å². The van der Waals surface area contributed by atoms with E-state index in [0.717, 1.165) is 0 Å². The lowest BCUT2D eigenvalue weighted by Crippen LogP contribution is -2.53. The van der Waals surface area contributed by atoms with Gasteiger partial charge in [-0.2, -0.15) is 0 Å². The van der Waals surface area contributed by atoms with Crippen molar-refractivity contribution >= 4 is 11.9 Å². The fourth-order valence-corrected chi connectivity index (χ4v) is 2.90. The first-order chi connectivity index (χ1) is 9.84. The maximum absolute atomic E-state index is 12.5. The Morgan fingerprint density at radius 1 is 1.10 bits per heavy atom. The molecule has 21 heavy (non-hydrogen) atoms. The standard InChI is InChI=1S/C15H18N2O4/c1-14(2,3)15(12(18)16-13(19)17-15)9-4-5-10-11(8-9)21-7-6-20-10/h4-5,8H,6-7H2,1-3H3,(H2,16,17,18,19). The van der Waals surface area contributed by atoms with Gasteiger partial charge in [0.25, 0.3) is 5.91 Å². The summed E-state index contributed by atoms with van der Waals surface area (Å²) in [4.78, 5) is 24.1. The lowest BCUT2D eigenvalue weighted by atomic mass is 9.69. The van der Waals surface area contributed by atoms with Gasteiger partial charge in [0.2, 0.25) is 0 Å². The molecule has 0 aliphatic carbocycles.